The van der Waals surface area contributed by atoms with E-state index in [1.54, 1.807) is 0 Å². The van der Waals surface area contributed by atoms with Gasteiger partial charge in [-0.15, -0.1) is 0 Å². The Balaban J connectivity index is 2.75. The standard InChI is InChI=1S/C8H9ClO/c1-7-3-2-4-8(5-7)10-6-9/h2-5H,6H2,1H3. The number of aryl methyl sites for hydroxylation is 1. The quantitative estimate of drug-likeness (QED) is 0.598. The molecule has 0 N–H and O–H groups in total. The number of halogens is 1. The van der Waals surface area contributed by atoms with Crippen LogP contribution in [-0.2, 0) is 0 Å². The zero-order valence-corrected chi connectivity index (χ0v) is 6.56. The fraction of sp³-hybridized carbons (Fsp3) is 0.250. The van der Waals surface area contributed by atoms with Crippen molar-refractivity contribution in [2.24, 2.45) is 0 Å². The van der Waals surface area contributed by atoms with Crippen LogP contribution in [0.15, 0.2) is 24.3 Å². The van der Waals surface area contributed by atoms with Gasteiger partial charge in [-0.05, 0) is 24.6 Å². The highest BCUT2D eigenvalue weighted by molar-refractivity contribution is 6.17. The minimum Gasteiger partial charge on any atom is -0.478 e. The number of benzene rings is 1. The third-order valence-corrected chi connectivity index (χ3v) is 1.32. The van der Waals surface area contributed by atoms with Gasteiger partial charge < -0.3 is 4.74 Å². The van der Waals surface area contributed by atoms with Gasteiger partial charge in [0.15, 0.2) is 6.07 Å². The molecule has 1 aromatic rings. The lowest BCUT2D eigenvalue weighted by atomic mass is 10.2. The first-order valence-electron chi connectivity index (χ1n) is 3.08. The van der Waals surface area contributed by atoms with Crippen molar-refractivity contribution >= 4 is 11.6 Å². The lowest BCUT2D eigenvalue weighted by Crippen LogP contribution is -1.88. The fourth-order valence-electron chi connectivity index (χ4n) is 0.768. The van der Waals surface area contributed by atoms with Crippen molar-refractivity contribution in [3.63, 3.8) is 0 Å². The van der Waals surface area contributed by atoms with Gasteiger partial charge in [0.05, 0.1) is 0 Å². The predicted molar refractivity (Wildman–Crippen MR) is 42.5 cm³/mol. The molecule has 1 aromatic carbocycles. The molecule has 0 spiro atoms. The molecule has 0 atom stereocenters. The normalized spacial score (nSPS) is 9.40. The SMILES string of the molecule is Cc1cccc(OCCl)c1. The van der Waals surface area contributed by atoms with Crippen LogP contribution in [0, 0.1) is 6.92 Å². The largest absolute Gasteiger partial charge is 0.478 e. The first kappa shape index (κ1) is 7.42. The van der Waals surface area contributed by atoms with Gasteiger partial charge >= 0.3 is 0 Å². The summed E-state index contributed by atoms with van der Waals surface area (Å²) >= 11 is 5.37. The summed E-state index contributed by atoms with van der Waals surface area (Å²) in [5, 5.41) is 0. The van der Waals surface area contributed by atoms with Gasteiger partial charge in [0.1, 0.15) is 5.75 Å². The minimum absolute atomic E-state index is 0.212. The molecule has 0 bridgehead atoms. The van der Waals surface area contributed by atoms with Crippen LogP contribution < -0.4 is 4.74 Å². The molecule has 0 fully saturated rings. The molecule has 0 aliphatic heterocycles. The van der Waals surface area contributed by atoms with Crippen molar-refractivity contribution in [1.82, 2.24) is 0 Å². The molecule has 0 heterocycles. The van der Waals surface area contributed by atoms with Crippen LogP contribution in [0.25, 0.3) is 0 Å². The lowest BCUT2D eigenvalue weighted by molar-refractivity contribution is 0.388. The molecule has 0 aliphatic carbocycles. The summed E-state index contributed by atoms with van der Waals surface area (Å²) in [6, 6.07) is 8.00. The maximum atomic E-state index is 5.37. The zero-order chi connectivity index (χ0) is 7.40. The van der Waals surface area contributed by atoms with Crippen LogP contribution in [0.4, 0.5) is 0 Å². The smallest absolute Gasteiger partial charge is 0.162 e. The summed E-state index contributed by atoms with van der Waals surface area (Å²) in [6.45, 7) is 2.01. The molecule has 1 rings (SSSR count). The second kappa shape index (κ2) is 3.47. The van der Waals surface area contributed by atoms with E-state index in [1.165, 1.54) is 5.56 Å². The summed E-state index contributed by atoms with van der Waals surface area (Å²) in [5.41, 5.74) is 1.18. The van der Waals surface area contributed by atoms with Crippen LogP contribution in [0.5, 0.6) is 5.75 Å². The van der Waals surface area contributed by atoms with E-state index in [2.05, 4.69) is 0 Å². The molecule has 0 amide bonds. The molecule has 54 valence electrons. The number of rotatable bonds is 2. The molecule has 0 radical (unpaired) electrons. The lowest BCUT2D eigenvalue weighted by Gasteiger charge is -2.00. The summed E-state index contributed by atoms with van der Waals surface area (Å²) in [5.74, 6) is 0.829. The van der Waals surface area contributed by atoms with E-state index in [0.717, 1.165) is 5.75 Å². The van der Waals surface area contributed by atoms with Crippen LogP contribution in [-0.4, -0.2) is 6.07 Å². The van der Waals surface area contributed by atoms with E-state index in [-0.39, 0.29) is 6.07 Å². The molecular weight excluding hydrogens is 148 g/mol. The van der Waals surface area contributed by atoms with Gasteiger partial charge in [0.25, 0.3) is 0 Å². The van der Waals surface area contributed by atoms with Gasteiger partial charge in [0.2, 0.25) is 0 Å². The van der Waals surface area contributed by atoms with Crippen molar-refractivity contribution in [3.8, 4) is 5.75 Å². The van der Waals surface area contributed by atoms with Crippen molar-refractivity contribution in [1.29, 1.82) is 0 Å². The predicted octanol–water partition coefficient (Wildman–Crippen LogP) is 2.57. The number of alkyl halides is 1. The first-order valence-corrected chi connectivity index (χ1v) is 3.62. The van der Waals surface area contributed by atoms with E-state index in [0.29, 0.717) is 0 Å². The highest BCUT2D eigenvalue weighted by Gasteiger charge is 1.89. The maximum Gasteiger partial charge on any atom is 0.162 e. The third-order valence-electron chi connectivity index (χ3n) is 1.21. The Morgan fingerprint density at radius 2 is 2.30 bits per heavy atom. The highest BCUT2D eigenvalue weighted by Crippen LogP contribution is 2.12. The fourth-order valence-corrected chi connectivity index (χ4v) is 0.894. The Morgan fingerprint density at radius 1 is 1.50 bits per heavy atom. The zero-order valence-electron chi connectivity index (χ0n) is 5.80. The van der Waals surface area contributed by atoms with Crippen LogP contribution >= 0.6 is 11.6 Å². The van der Waals surface area contributed by atoms with Crippen LogP contribution in [0.1, 0.15) is 5.56 Å². The Labute approximate surface area is 65.6 Å². The van der Waals surface area contributed by atoms with E-state index < -0.39 is 0 Å². The molecule has 0 saturated carbocycles. The summed E-state index contributed by atoms with van der Waals surface area (Å²) in [4.78, 5) is 0. The molecule has 0 aromatic heterocycles. The van der Waals surface area contributed by atoms with E-state index >= 15 is 0 Å². The molecule has 1 nitrogen and oxygen atoms in total. The Hall–Kier alpha value is -0.690. The molecule has 0 unspecified atom stereocenters. The van der Waals surface area contributed by atoms with Crippen molar-refractivity contribution in [3.05, 3.63) is 29.8 Å². The molecule has 10 heavy (non-hydrogen) atoms. The van der Waals surface area contributed by atoms with Crippen LogP contribution in [0.2, 0.25) is 0 Å². The van der Waals surface area contributed by atoms with Gasteiger partial charge in [-0.25, -0.2) is 0 Å². The van der Waals surface area contributed by atoms with Crippen molar-refractivity contribution in [2.75, 3.05) is 6.07 Å². The third kappa shape index (κ3) is 1.92. The minimum atomic E-state index is 0.212. The molecule has 0 saturated heterocycles. The van der Waals surface area contributed by atoms with Gasteiger partial charge in [-0.1, -0.05) is 23.7 Å². The number of hydrogen-bond acceptors (Lipinski definition) is 1. The van der Waals surface area contributed by atoms with Gasteiger partial charge in [-0.3, -0.25) is 0 Å². The topological polar surface area (TPSA) is 9.23 Å². The van der Waals surface area contributed by atoms with E-state index in [4.69, 9.17) is 16.3 Å². The first-order chi connectivity index (χ1) is 4.83. The Kier molecular flexibility index (Phi) is 2.57. The maximum absolute atomic E-state index is 5.37. The average molecular weight is 157 g/mol. The van der Waals surface area contributed by atoms with Gasteiger partial charge in [0, 0.05) is 0 Å². The second-order valence-corrected chi connectivity index (χ2v) is 2.29. The van der Waals surface area contributed by atoms with Crippen molar-refractivity contribution in [2.45, 2.75) is 6.92 Å². The second-order valence-electron chi connectivity index (χ2n) is 2.07. The number of ether oxygens (including phenoxy) is 1. The monoisotopic (exact) mass is 156 g/mol. The summed E-state index contributed by atoms with van der Waals surface area (Å²) in [7, 11) is 0. The molecule has 0 aliphatic rings. The Morgan fingerprint density at radius 3 is 2.90 bits per heavy atom. The summed E-state index contributed by atoms with van der Waals surface area (Å²) in [6.07, 6.45) is 0. The van der Waals surface area contributed by atoms with Crippen molar-refractivity contribution < 1.29 is 4.74 Å². The van der Waals surface area contributed by atoms with Gasteiger partial charge in [-0.2, -0.15) is 0 Å². The Bertz CT molecular complexity index is 210. The average Bonchev–Trinajstić information content (AvgIpc) is 1.88. The van der Waals surface area contributed by atoms with Crippen LogP contribution in [0.3, 0.4) is 0 Å². The van der Waals surface area contributed by atoms with E-state index in [1.807, 2.05) is 31.2 Å². The highest BCUT2D eigenvalue weighted by atomic mass is 35.5. The van der Waals surface area contributed by atoms with E-state index in [9.17, 15) is 0 Å². The summed E-state index contributed by atoms with van der Waals surface area (Å²) < 4.78 is 5.05. The molecular formula is C8H9ClO. The molecule has 2 heteroatoms. The number of hydrogen-bond donors (Lipinski definition) is 0.